The van der Waals surface area contributed by atoms with Crippen LogP contribution in [-0.4, -0.2) is 136 Å². The van der Waals surface area contributed by atoms with Gasteiger partial charge in [-0.1, -0.05) is 27.7 Å². The number of rotatable bonds is 15. The van der Waals surface area contributed by atoms with Crippen molar-refractivity contribution >= 4 is 28.5 Å². The van der Waals surface area contributed by atoms with Crippen molar-refractivity contribution in [2.45, 2.75) is 70.6 Å². The summed E-state index contributed by atoms with van der Waals surface area (Å²) in [5.41, 5.74) is 3.48. The Labute approximate surface area is 309 Å². The molecule has 4 rings (SSSR count). The van der Waals surface area contributed by atoms with E-state index in [-0.39, 0.29) is 62.1 Å². The molecule has 0 saturated carbocycles. The van der Waals surface area contributed by atoms with Gasteiger partial charge in [-0.25, -0.2) is 28.3 Å². The molecule has 2 aliphatic rings. The highest BCUT2D eigenvalue weighted by molar-refractivity contribution is 7.60. The molecule has 6 atom stereocenters. The number of hydrogen-bond acceptors (Lipinski definition) is 13. The summed E-state index contributed by atoms with van der Waals surface area (Å²) in [5, 5.41) is 0. The molecule has 2 aromatic rings. The van der Waals surface area contributed by atoms with Crippen molar-refractivity contribution in [2.24, 2.45) is 0 Å². The molecular formula is C30H54N9O11P3. The third-order valence-corrected chi connectivity index (χ3v) is 17.7. The first kappa shape index (κ1) is 43.4. The minimum absolute atomic E-state index is 0.00129. The third kappa shape index (κ3) is 9.39. The molecule has 2 fully saturated rings. The van der Waals surface area contributed by atoms with E-state index in [9.17, 15) is 23.5 Å². The first-order valence-electron chi connectivity index (χ1n) is 17.1. The van der Waals surface area contributed by atoms with Crippen molar-refractivity contribution in [3.63, 3.8) is 0 Å². The minimum atomic E-state index is -3.98. The Hall–Kier alpha value is -2.31. The standard InChI is InChI=1S/C30H54N9O11P3/c1-20(2)51(43,21(3)4)47-18-23-15-37(16-26(49-23)38-12-11-25(31)32-29(38)41)53(45,35(8)9)48-19-24-14-36(52(44,46-10)34(6)7)17-27(50-24)39-13-22(5)28(40)33-30(39)42/h11-13,20-21,23-24,26-27H,14-19H2,1-10H3,(H2,31,32,41)(H,33,40,42)/t23-,24-,26+,27+,52?,53?/m0/s1. The highest BCUT2D eigenvalue weighted by Crippen LogP contribution is 2.58. The number of nitrogen functional groups attached to an aromatic ring is 1. The lowest BCUT2D eigenvalue weighted by Gasteiger charge is -2.45. The van der Waals surface area contributed by atoms with Crippen LogP contribution in [0.2, 0.25) is 0 Å². The van der Waals surface area contributed by atoms with Crippen LogP contribution >= 0.6 is 22.7 Å². The van der Waals surface area contributed by atoms with E-state index in [0.717, 1.165) is 0 Å². The Balaban J connectivity index is 1.67. The number of nitrogens with two attached hydrogens (primary N) is 1. The molecule has 0 radical (unpaired) electrons. The van der Waals surface area contributed by atoms with E-state index in [2.05, 4.69) is 9.97 Å². The molecule has 0 spiro atoms. The van der Waals surface area contributed by atoms with Crippen LogP contribution in [0.3, 0.4) is 0 Å². The molecule has 0 aromatic carbocycles. The molecule has 2 aromatic heterocycles. The van der Waals surface area contributed by atoms with Gasteiger partial charge < -0.3 is 28.8 Å². The van der Waals surface area contributed by atoms with Crippen molar-refractivity contribution in [2.75, 3.05) is 80.4 Å². The number of H-pyrrole nitrogens is 1. The number of anilines is 1. The molecule has 300 valence electrons. The molecule has 2 aliphatic heterocycles. The molecule has 0 aliphatic carbocycles. The zero-order chi connectivity index (χ0) is 39.6. The van der Waals surface area contributed by atoms with Crippen LogP contribution < -0.4 is 22.7 Å². The van der Waals surface area contributed by atoms with E-state index in [1.54, 1.807) is 32.9 Å². The maximum absolute atomic E-state index is 15.0. The van der Waals surface area contributed by atoms with Crippen LogP contribution in [0.5, 0.6) is 0 Å². The van der Waals surface area contributed by atoms with Gasteiger partial charge in [0.05, 0.1) is 38.5 Å². The van der Waals surface area contributed by atoms with E-state index in [0.29, 0.717) is 0 Å². The Morgan fingerprint density at radius 3 is 1.87 bits per heavy atom. The van der Waals surface area contributed by atoms with Crippen molar-refractivity contribution < 1.29 is 36.7 Å². The summed E-state index contributed by atoms with van der Waals surface area (Å²) in [7, 11) is -3.10. The van der Waals surface area contributed by atoms with E-state index in [4.69, 9.17) is 28.8 Å². The molecule has 0 bridgehead atoms. The summed E-state index contributed by atoms with van der Waals surface area (Å²) in [6.45, 7) is 8.26. The molecule has 2 saturated heterocycles. The van der Waals surface area contributed by atoms with Crippen LogP contribution in [0.25, 0.3) is 0 Å². The summed E-state index contributed by atoms with van der Waals surface area (Å²) < 4.78 is 81.6. The minimum Gasteiger partial charge on any atom is -0.383 e. The van der Waals surface area contributed by atoms with Gasteiger partial charge in [0.1, 0.15) is 5.82 Å². The molecule has 2 unspecified atom stereocenters. The first-order valence-corrected chi connectivity index (χ1v) is 22.0. The predicted octanol–water partition coefficient (Wildman–Crippen LogP) is 2.20. The lowest BCUT2D eigenvalue weighted by Crippen LogP contribution is -2.51. The SMILES string of the molecule is COP(=O)(N(C)C)N1C[C@@H](COP(=O)(N(C)C)N2C[C@@H](COP(=O)(C(C)C)C(C)C)O[C@@H](n3ccc(N)nc3=O)C2)O[C@@H](n2cc(C)c(=O)[nH]c2=O)C1. The number of nitrogens with zero attached hydrogens (tertiary/aromatic N) is 7. The maximum Gasteiger partial charge on any atom is 0.351 e. The van der Waals surface area contributed by atoms with Crippen molar-refractivity contribution in [3.8, 4) is 0 Å². The number of hydrogen-bond donors (Lipinski definition) is 2. The van der Waals surface area contributed by atoms with Crippen LogP contribution in [-0.2, 0) is 36.7 Å². The second-order valence-electron chi connectivity index (χ2n) is 14.0. The second kappa shape index (κ2) is 17.2. The molecule has 23 heteroatoms. The second-order valence-corrected chi connectivity index (χ2v) is 22.9. The van der Waals surface area contributed by atoms with Crippen LogP contribution in [0.4, 0.5) is 5.82 Å². The van der Waals surface area contributed by atoms with Gasteiger partial charge in [0.25, 0.3) is 5.56 Å². The van der Waals surface area contributed by atoms with Crippen LogP contribution in [0, 0.1) is 6.92 Å². The van der Waals surface area contributed by atoms with Gasteiger partial charge in [0.15, 0.2) is 12.5 Å². The number of ether oxygens (including phenoxy) is 2. The van der Waals surface area contributed by atoms with Gasteiger partial charge in [0, 0.05) is 49.5 Å². The predicted molar refractivity (Wildman–Crippen MR) is 199 cm³/mol. The van der Waals surface area contributed by atoms with E-state index < -0.39 is 64.3 Å². The summed E-state index contributed by atoms with van der Waals surface area (Å²) >= 11 is 0. The molecule has 4 heterocycles. The largest absolute Gasteiger partial charge is 0.383 e. The first-order chi connectivity index (χ1) is 24.7. The fourth-order valence-electron chi connectivity index (χ4n) is 6.20. The number of aromatic nitrogens is 4. The Morgan fingerprint density at radius 2 is 1.38 bits per heavy atom. The van der Waals surface area contributed by atoms with Crippen molar-refractivity contribution in [1.29, 1.82) is 0 Å². The Bertz CT molecular complexity index is 1910. The lowest BCUT2D eigenvalue weighted by atomic mass is 10.3. The quantitative estimate of drug-likeness (QED) is 0.246. The average molecular weight is 810 g/mol. The molecule has 53 heavy (non-hydrogen) atoms. The molecule has 0 amide bonds. The summed E-state index contributed by atoms with van der Waals surface area (Å²) in [5.74, 6) is 0.0160. The van der Waals surface area contributed by atoms with Gasteiger partial charge in [-0.15, -0.1) is 0 Å². The Kier molecular flexibility index (Phi) is 14.1. The topological polar surface area (TPSA) is 226 Å². The van der Waals surface area contributed by atoms with Gasteiger partial charge in [0.2, 0.25) is 7.37 Å². The molecule has 20 nitrogen and oxygen atoms in total. The van der Waals surface area contributed by atoms with Crippen molar-refractivity contribution in [1.82, 2.24) is 37.8 Å². The van der Waals surface area contributed by atoms with E-state index in [1.165, 1.54) is 55.6 Å². The summed E-state index contributed by atoms with van der Waals surface area (Å²) in [4.78, 5) is 44.1. The average Bonchev–Trinajstić information content (AvgIpc) is 3.09. The Morgan fingerprint density at radius 1 is 0.868 bits per heavy atom. The zero-order valence-electron chi connectivity index (χ0n) is 32.0. The highest BCUT2D eigenvalue weighted by Gasteiger charge is 2.46. The fourth-order valence-corrected chi connectivity index (χ4v) is 12.2. The monoisotopic (exact) mass is 809 g/mol. The van der Waals surface area contributed by atoms with Gasteiger partial charge in [-0.3, -0.25) is 32.6 Å². The van der Waals surface area contributed by atoms with Crippen molar-refractivity contribution in [3.05, 3.63) is 55.3 Å². The molecule has 3 N–H and O–H groups in total. The van der Waals surface area contributed by atoms with Gasteiger partial charge in [-0.2, -0.15) is 4.98 Å². The third-order valence-electron chi connectivity index (χ3n) is 9.17. The normalized spacial score (nSPS) is 24.6. The smallest absolute Gasteiger partial charge is 0.351 e. The van der Waals surface area contributed by atoms with Gasteiger partial charge >= 0.3 is 26.7 Å². The molecular weight excluding hydrogens is 755 g/mol. The number of morpholine rings is 2. The lowest BCUT2D eigenvalue weighted by molar-refractivity contribution is -0.127. The number of aromatic amines is 1. The van der Waals surface area contributed by atoms with Crippen LogP contribution in [0.15, 0.2) is 32.8 Å². The zero-order valence-corrected chi connectivity index (χ0v) is 34.7. The van der Waals surface area contributed by atoms with Crippen LogP contribution in [0.1, 0.15) is 45.7 Å². The maximum atomic E-state index is 15.0. The summed E-state index contributed by atoms with van der Waals surface area (Å²) in [6, 6.07) is 1.44. The fraction of sp³-hybridized carbons (Fsp3) is 0.733. The van der Waals surface area contributed by atoms with E-state index >= 15 is 4.57 Å². The number of nitrogens with one attached hydrogen (secondary N) is 1. The van der Waals surface area contributed by atoms with Gasteiger partial charge in [-0.05, 0) is 41.2 Å². The highest BCUT2D eigenvalue weighted by atomic mass is 31.2. The number of aryl methyl sites for hydroxylation is 1. The summed E-state index contributed by atoms with van der Waals surface area (Å²) in [6.07, 6.45) is -0.995. The van der Waals surface area contributed by atoms with E-state index in [1.807, 2.05) is 27.7 Å².